The topological polar surface area (TPSA) is 98.7 Å². The van der Waals surface area contributed by atoms with Crippen molar-refractivity contribution in [3.8, 4) is 0 Å². The summed E-state index contributed by atoms with van der Waals surface area (Å²) in [5.41, 5.74) is 2.22. The number of hydrogen-bond donors (Lipinski definition) is 3. The van der Waals surface area contributed by atoms with Crippen LogP contribution in [0.1, 0.15) is 56.8 Å². The van der Waals surface area contributed by atoms with E-state index in [0.29, 0.717) is 5.02 Å². The number of halogens is 1. The lowest BCUT2D eigenvalue weighted by molar-refractivity contribution is -0.144. The summed E-state index contributed by atoms with van der Waals surface area (Å²) in [6, 6.07) is 12.8. The maximum absolute atomic E-state index is 13.7. The molecule has 0 saturated carbocycles. The lowest BCUT2D eigenvalue weighted by atomic mass is 9.85. The van der Waals surface area contributed by atoms with Crippen LogP contribution in [0.4, 0.5) is 0 Å². The molecule has 4 atom stereocenters. The highest BCUT2D eigenvalue weighted by molar-refractivity contribution is 6.30. The molecule has 36 heavy (non-hydrogen) atoms. The van der Waals surface area contributed by atoms with Crippen LogP contribution in [-0.2, 0) is 20.8 Å². The molecule has 1 aliphatic rings. The van der Waals surface area contributed by atoms with Gasteiger partial charge in [-0.3, -0.25) is 14.4 Å². The summed E-state index contributed by atoms with van der Waals surface area (Å²) in [4.78, 5) is 41.1. The molecule has 194 valence electrons. The van der Waals surface area contributed by atoms with Crippen LogP contribution in [0.25, 0.3) is 0 Å². The van der Waals surface area contributed by atoms with Crippen LogP contribution in [0.2, 0.25) is 5.02 Å². The fourth-order valence-electron chi connectivity index (χ4n) is 4.37. The highest BCUT2D eigenvalue weighted by Gasteiger charge is 2.44. The highest BCUT2D eigenvalue weighted by atomic mass is 35.5. The fraction of sp³-hybridized carbons (Fsp3) is 0.464. The van der Waals surface area contributed by atoms with Crippen LogP contribution < -0.4 is 10.6 Å². The van der Waals surface area contributed by atoms with E-state index in [0.717, 1.165) is 16.7 Å². The van der Waals surface area contributed by atoms with Gasteiger partial charge >= 0.3 is 0 Å². The molecular weight excluding hydrogens is 478 g/mol. The molecule has 0 aromatic heterocycles. The van der Waals surface area contributed by atoms with Crippen LogP contribution in [-0.4, -0.2) is 52.5 Å². The van der Waals surface area contributed by atoms with Crippen LogP contribution in [0.5, 0.6) is 0 Å². The average Bonchev–Trinajstić information content (AvgIpc) is 3.20. The number of aliphatic hydroxyl groups is 1. The summed E-state index contributed by atoms with van der Waals surface area (Å²) in [6.07, 6.45) is -0.538. The van der Waals surface area contributed by atoms with Crippen molar-refractivity contribution < 1.29 is 19.5 Å². The van der Waals surface area contributed by atoms with Crippen LogP contribution >= 0.6 is 11.6 Å². The minimum Gasteiger partial charge on any atom is -0.391 e. The number of amides is 3. The third-order valence-corrected chi connectivity index (χ3v) is 6.75. The van der Waals surface area contributed by atoms with Crippen molar-refractivity contribution in [3.63, 3.8) is 0 Å². The second kappa shape index (κ2) is 11.4. The fourth-order valence-corrected chi connectivity index (χ4v) is 4.49. The van der Waals surface area contributed by atoms with Crippen molar-refractivity contribution in [2.75, 3.05) is 6.54 Å². The Labute approximate surface area is 218 Å². The highest BCUT2D eigenvalue weighted by Crippen LogP contribution is 2.27. The third-order valence-electron chi connectivity index (χ3n) is 6.50. The maximum atomic E-state index is 13.7. The Kier molecular flexibility index (Phi) is 8.80. The first-order valence-electron chi connectivity index (χ1n) is 12.2. The van der Waals surface area contributed by atoms with E-state index in [1.54, 1.807) is 12.1 Å². The summed E-state index contributed by atoms with van der Waals surface area (Å²) >= 11 is 5.96. The number of nitrogens with zero attached hydrogens (tertiary/aromatic N) is 1. The molecule has 3 rings (SSSR count). The number of rotatable bonds is 7. The second-order valence-corrected chi connectivity index (χ2v) is 11.1. The summed E-state index contributed by atoms with van der Waals surface area (Å²) < 4.78 is 0. The largest absolute Gasteiger partial charge is 0.391 e. The van der Waals surface area contributed by atoms with Crippen molar-refractivity contribution in [2.45, 2.75) is 71.7 Å². The molecular formula is C28H36ClN3O4. The first kappa shape index (κ1) is 27.7. The molecule has 1 saturated heterocycles. The van der Waals surface area contributed by atoms with Gasteiger partial charge in [0.15, 0.2) is 0 Å². The average molecular weight is 514 g/mol. The van der Waals surface area contributed by atoms with Gasteiger partial charge in [0.05, 0.1) is 18.6 Å². The SMILES string of the molecule is Cc1ccc(CC(=O)N[C@H](C(=O)N2C[C@H](O)C[C@H]2C(=O)N[C@@H](C)c2ccc(Cl)cc2)C(C)(C)C)cc1. The Morgan fingerprint density at radius 2 is 1.67 bits per heavy atom. The number of carbonyl (C=O) groups excluding carboxylic acids is 3. The molecule has 1 fully saturated rings. The van der Waals surface area contributed by atoms with E-state index in [1.165, 1.54) is 4.90 Å². The van der Waals surface area contributed by atoms with Crippen LogP contribution in [0, 0.1) is 12.3 Å². The van der Waals surface area contributed by atoms with Gasteiger partial charge in [0.2, 0.25) is 17.7 Å². The van der Waals surface area contributed by atoms with Gasteiger partial charge in [-0.05, 0) is 42.5 Å². The molecule has 0 aliphatic carbocycles. The molecule has 1 aliphatic heterocycles. The van der Waals surface area contributed by atoms with Crippen molar-refractivity contribution in [3.05, 3.63) is 70.2 Å². The molecule has 7 nitrogen and oxygen atoms in total. The van der Waals surface area contributed by atoms with Gasteiger partial charge in [0.25, 0.3) is 0 Å². The summed E-state index contributed by atoms with van der Waals surface area (Å²) in [5, 5.41) is 16.8. The smallest absolute Gasteiger partial charge is 0.246 e. The zero-order valence-electron chi connectivity index (χ0n) is 21.5. The second-order valence-electron chi connectivity index (χ2n) is 10.7. The Morgan fingerprint density at radius 1 is 1.06 bits per heavy atom. The quantitative estimate of drug-likeness (QED) is 0.527. The number of carbonyl (C=O) groups is 3. The van der Waals surface area contributed by atoms with E-state index in [9.17, 15) is 19.5 Å². The number of likely N-dealkylation sites (tertiary alicyclic amines) is 1. The number of hydrogen-bond acceptors (Lipinski definition) is 4. The van der Waals surface area contributed by atoms with Gasteiger partial charge in [-0.1, -0.05) is 74.3 Å². The van der Waals surface area contributed by atoms with Crippen LogP contribution in [0.15, 0.2) is 48.5 Å². The Morgan fingerprint density at radius 3 is 2.25 bits per heavy atom. The number of aryl methyl sites for hydroxylation is 1. The minimum atomic E-state index is -0.857. The van der Waals surface area contributed by atoms with E-state index in [2.05, 4.69) is 10.6 Å². The van der Waals surface area contributed by atoms with Gasteiger partial charge < -0.3 is 20.6 Å². The van der Waals surface area contributed by atoms with Gasteiger partial charge in [0, 0.05) is 18.0 Å². The Hall–Kier alpha value is -2.90. The summed E-state index contributed by atoms with van der Waals surface area (Å²) in [7, 11) is 0. The minimum absolute atomic E-state index is 0.0344. The first-order valence-corrected chi connectivity index (χ1v) is 12.6. The van der Waals surface area contributed by atoms with E-state index in [-0.39, 0.29) is 43.1 Å². The molecule has 8 heteroatoms. The lowest BCUT2D eigenvalue weighted by Crippen LogP contribution is -2.58. The number of β-amino-alcohol motifs (C(OH)–C–C–N with tert-alkyl or cyclic N) is 1. The Bertz CT molecular complexity index is 1080. The molecule has 3 N–H and O–H groups in total. The lowest BCUT2D eigenvalue weighted by Gasteiger charge is -2.35. The summed E-state index contributed by atoms with van der Waals surface area (Å²) in [6.45, 7) is 9.46. The predicted molar refractivity (Wildman–Crippen MR) is 140 cm³/mol. The molecule has 0 radical (unpaired) electrons. The van der Waals surface area contributed by atoms with E-state index in [4.69, 9.17) is 11.6 Å². The number of nitrogens with one attached hydrogen (secondary N) is 2. The molecule has 2 aromatic rings. The zero-order chi connectivity index (χ0) is 26.6. The van der Waals surface area contributed by atoms with E-state index >= 15 is 0 Å². The van der Waals surface area contributed by atoms with Gasteiger partial charge in [-0.2, -0.15) is 0 Å². The molecule has 0 bridgehead atoms. The van der Waals surface area contributed by atoms with Gasteiger partial charge in [-0.15, -0.1) is 0 Å². The maximum Gasteiger partial charge on any atom is 0.246 e. The number of benzene rings is 2. The van der Waals surface area contributed by atoms with Crippen molar-refractivity contribution in [2.24, 2.45) is 5.41 Å². The van der Waals surface area contributed by atoms with E-state index in [1.807, 2.05) is 71.0 Å². The van der Waals surface area contributed by atoms with Crippen LogP contribution in [0.3, 0.4) is 0 Å². The Balaban J connectivity index is 1.73. The van der Waals surface area contributed by atoms with Crippen molar-refractivity contribution in [1.29, 1.82) is 0 Å². The van der Waals surface area contributed by atoms with E-state index < -0.39 is 23.6 Å². The normalized spacial score (nSPS) is 19.5. The molecule has 2 aromatic carbocycles. The molecule has 1 heterocycles. The van der Waals surface area contributed by atoms with Crippen molar-refractivity contribution in [1.82, 2.24) is 15.5 Å². The van der Waals surface area contributed by atoms with Gasteiger partial charge in [-0.25, -0.2) is 0 Å². The zero-order valence-corrected chi connectivity index (χ0v) is 22.3. The third kappa shape index (κ3) is 7.08. The monoisotopic (exact) mass is 513 g/mol. The number of aliphatic hydroxyl groups excluding tert-OH is 1. The standard InChI is InChI=1S/C28H36ClN3O4/c1-17-6-8-19(9-7-17)14-24(34)31-25(28(3,4)5)27(36)32-16-22(33)15-23(32)26(35)30-18(2)20-10-12-21(29)13-11-20/h6-13,18,22-23,25,33H,14-16H2,1-5H3,(H,30,35)(H,31,34)/t18-,22+,23-,25+/m0/s1. The predicted octanol–water partition coefficient (Wildman–Crippen LogP) is 3.56. The molecule has 3 amide bonds. The van der Waals surface area contributed by atoms with Gasteiger partial charge in [0.1, 0.15) is 12.1 Å². The molecule has 0 unspecified atom stereocenters. The molecule has 0 spiro atoms. The summed E-state index contributed by atoms with van der Waals surface area (Å²) in [5.74, 6) is -0.999. The van der Waals surface area contributed by atoms with Crippen molar-refractivity contribution >= 4 is 29.3 Å². The first-order chi connectivity index (χ1) is 16.8.